The number of aromatic nitrogens is 3. The molecule has 1 N–H and O–H groups in total. The van der Waals surface area contributed by atoms with Crippen molar-refractivity contribution in [2.24, 2.45) is 0 Å². The van der Waals surface area contributed by atoms with Crippen molar-refractivity contribution in [3.8, 4) is 0 Å². The lowest BCUT2D eigenvalue weighted by Gasteiger charge is -1.92. The van der Waals surface area contributed by atoms with Gasteiger partial charge in [0.15, 0.2) is 5.82 Å². The average molecular weight is 240 g/mol. The fourth-order valence-corrected chi connectivity index (χ4v) is 2.47. The third-order valence-corrected chi connectivity index (χ3v) is 3.33. The number of thiazole rings is 1. The van der Waals surface area contributed by atoms with Crippen LogP contribution in [0.4, 0.5) is 5.13 Å². The Hall–Kier alpha value is -1.01. The van der Waals surface area contributed by atoms with Gasteiger partial charge in [-0.1, -0.05) is 0 Å². The summed E-state index contributed by atoms with van der Waals surface area (Å²) in [6.45, 7) is 4.93. The molecule has 15 heavy (non-hydrogen) atoms. The maximum atomic E-state index is 4.38. The van der Waals surface area contributed by atoms with Crippen LogP contribution in [0.3, 0.4) is 0 Å². The summed E-state index contributed by atoms with van der Waals surface area (Å²) in [6, 6.07) is 0. The zero-order valence-electron chi connectivity index (χ0n) is 8.65. The fourth-order valence-electron chi connectivity index (χ4n) is 1.20. The van der Waals surface area contributed by atoms with E-state index >= 15 is 0 Å². The van der Waals surface area contributed by atoms with E-state index in [0.29, 0.717) is 0 Å². The summed E-state index contributed by atoms with van der Waals surface area (Å²) < 4.78 is 4.27. The van der Waals surface area contributed by atoms with Crippen molar-refractivity contribution in [2.75, 3.05) is 11.9 Å². The van der Waals surface area contributed by atoms with E-state index in [1.54, 1.807) is 11.3 Å². The van der Waals surface area contributed by atoms with Crippen molar-refractivity contribution in [2.45, 2.75) is 20.3 Å². The molecule has 2 heterocycles. The summed E-state index contributed by atoms with van der Waals surface area (Å²) in [5.74, 6) is 0.848. The minimum atomic E-state index is 0.728. The molecule has 0 aliphatic heterocycles. The van der Waals surface area contributed by atoms with E-state index in [4.69, 9.17) is 0 Å². The van der Waals surface area contributed by atoms with Crippen molar-refractivity contribution in [3.05, 3.63) is 21.9 Å². The first-order valence-electron chi connectivity index (χ1n) is 4.75. The van der Waals surface area contributed by atoms with Crippen LogP contribution in [0.1, 0.15) is 23.4 Å². The topological polar surface area (TPSA) is 50.7 Å². The summed E-state index contributed by atoms with van der Waals surface area (Å²) >= 11 is 3.07. The van der Waals surface area contributed by atoms with Crippen LogP contribution in [0.25, 0.3) is 0 Å². The maximum Gasteiger partial charge on any atom is 0.202 e. The van der Waals surface area contributed by atoms with E-state index < -0.39 is 0 Å². The van der Waals surface area contributed by atoms with Crippen molar-refractivity contribution < 1.29 is 0 Å². The second-order valence-corrected chi connectivity index (χ2v) is 4.89. The molecule has 0 atom stereocenters. The van der Waals surface area contributed by atoms with Gasteiger partial charge in [-0.05, 0) is 13.8 Å². The normalized spacial score (nSPS) is 10.5. The molecule has 0 saturated heterocycles. The molecule has 0 aliphatic rings. The molecule has 0 fully saturated rings. The predicted octanol–water partition coefficient (Wildman–Crippen LogP) is 2.33. The minimum Gasteiger partial charge on any atom is -0.361 e. The van der Waals surface area contributed by atoms with Gasteiger partial charge >= 0.3 is 0 Å². The minimum absolute atomic E-state index is 0.728. The van der Waals surface area contributed by atoms with E-state index in [2.05, 4.69) is 25.0 Å². The Bertz CT molecular complexity index is 435. The molecule has 0 spiro atoms. The second-order valence-electron chi connectivity index (χ2n) is 3.08. The summed E-state index contributed by atoms with van der Waals surface area (Å²) in [4.78, 5) is 8.75. The van der Waals surface area contributed by atoms with Gasteiger partial charge in [0.2, 0.25) is 5.13 Å². The maximum absolute atomic E-state index is 4.38. The van der Waals surface area contributed by atoms with E-state index in [-0.39, 0.29) is 0 Å². The molecule has 0 saturated carbocycles. The van der Waals surface area contributed by atoms with Gasteiger partial charge in [0.25, 0.3) is 0 Å². The van der Waals surface area contributed by atoms with Crippen molar-refractivity contribution in [3.63, 3.8) is 0 Å². The van der Waals surface area contributed by atoms with E-state index in [1.807, 2.05) is 13.8 Å². The van der Waals surface area contributed by atoms with Gasteiger partial charge in [0.05, 0.1) is 17.1 Å². The lowest BCUT2D eigenvalue weighted by molar-refractivity contribution is 0.988. The molecule has 80 valence electrons. The number of aryl methyl sites for hydroxylation is 1. The third-order valence-electron chi connectivity index (χ3n) is 1.80. The van der Waals surface area contributed by atoms with Crippen LogP contribution >= 0.6 is 22.9 Å². The molecule has 0 aromatic carbocycles. The van der Waals surface area contributed by atoms with Gasteiger partial charge in [0.1, 0.15) is 0 Å². The first kappa shape index (κ1) is 10.5. The van der Waals surface area contributed by atoms with Crippen molar-refractivity contribution >= 4 is 28.0 Å². The quantitative estimate of drug-likeness (QED) is 0.891. The highest BCUT2D eigenvalue weighted by Gasteiger charge is 2.06. The highest BCUT2D eigenvalue weighted by molar-refractivity contribution is 7.10. The van der Waals surface area contributed by atoms with Crippen LogP contribution in [0.5, 0.6) is 0 Å². The molecular weight excluding hydrogens is 228 g/mol. The summed E-state index contributed by atoms with van der Waals surface area (Å²) in [5.41, 5.74) is 1.05. The average Bonchev–Trinajstić information content (AvgIpc) is 2.78. The van der Waals surface area contributed by atoms with Gasteiger partial charge in [0, 0.05) is 23.5 Å². The van der Waals surface area contributed by atoms with E-state index in [1.165, 1.54) is 11.5 Å². The second kappa shape index (κ2) is 4.67. The smallest absolute Gasteiger partial charge is 0.202 e. The van der Waals surface area contributed by atoms with Crippen LogP contribution in [0.15, 0.2) is 5.38 Å². The fraction of sp³-hybridized carbons (Fsp3) is 0.444. The SMILES string of the molecule is CCNc1nc(Cc2csc(C)n2)ns1. The first-order valence-corrected chi connectivity index (χ1v) is 6.40. The Morgan fingerprint density at radius 3 is 2.93 bits per heavy atom. The zero-order valence-corrected chi connectivity index (χ0v) is 10.3. The largest absolute Gasteiger partial charge is 0.361 e. The van der Waals surface area contributed by atoms with Crippen LogP contribution in [-0.4, -0.2) is 20.9 Å². The van der Waals surface area contributed by atoms with Crippen LogP contribution in [0.2, 0.25) is 0 Å². The number of hydrogen-bond donors (Lipinski definition) is 1. The lowest BCUT2D eigenvalue weighted by atomic mass is 10.3. The summed E-state index contributed by atoms with van der Waals surface area (Å²) in [5, 5.41) is 7.18. The Labute approximate surface area is 96.6 Å². The van der Waals surface area contributed by atoms with Crippen LogP contribution in [-0.2, 0) is 6.42 Å². The summed E-state index contributed by atoms with van der Waals surface area (Å²) in [6.07, 6.45) is 0.728. The Morgan fingerprint density at radius 1 is 1.40 bits per heavy atom. The number of nitrogens with one attached hydrogen (secondary N) is 1. The number of anilines is 1. The Morgan fingerprint density at radius 2 is 2.27 bits per heavy atom. The molecule has 0 amide bonds. The number of nitrogens with zero attached hydrogens (tertiary/aromatic N) is 3. The predicted molar refractivity (Wildman–Crippen MR) is 63.7 cm³/mol. The monoisotopic (exact) mass is 240 g/mol. The Balaban J connectivity index is 2.04. The molecule has 0 bridgehead atoms. The zero-order chi connectivity index (χ0) is 10.7. The van der Waals surface area contributed by atoms with Gasteiger partial charge in [-0.15, -0.1) is 11.3 Å². The Kier molecular flexibility index (Phi) is 3.27. The van der Waals surface area contributed by atoms with E-state index in [0.717, 1.165) is 34.6 Å². The standard InChI is InChI=1S/C9H12N4S2/c1-3-10-9-12-8(13-15-9)4-7-5-14-6(2)11-7/h5H,3-4H2,1-2H3,(H,10,12,13). The van der Waals surface area contributed by atoms with Gasteiger partial charge in [-0.25, -0.2) is 9.97 Å². The van der Waals surface area contributed by atoms with Gasteiger partial charge < -0.3 is 5.32 Å². The van der Waals surface area contributed by atoms with Gasteiger partial charge in [-0.3, -0.25) is 0 Å². The molecule has 4 nitrogen and oxygen atoms in total. The number of hydrogen-bond acceptors (Lipinski definition) is 6. The molecule has 2 rings (SSSR count). The molecule has 2 aromatic heterocycles. The lowest BCUT2D eigenvalue weighted by Crippen LogP contribution is -1.96. The third kappa shape index (κ3) is 2.73. The van der Waals surface area contributed by atoms with Crippen molar-refractivity contribution in [1.82, 2.24) is 14.3 Å². The molecule has 6 heteroatoms. The highest BCUT2D eigenvalue weighted by atomic mass is 32.1. The molecule has 2 aromatic rings. The number of rotatable bonds is 4. The molecule has 0 radical (unpaired) electrons. The molecule has 0 unspecified atom stereocenters. The van der Waals surface area contributed by atoms with Gasteiger partial charge in [-0.2, -0.15) is 4.37 Å². The van der Waals surface area contributed by atoms with E-state index in [9.17, 15) is 0 Å². The van der Waals surface area contributed by atoms with Crippen molar-refractivity contribution in [1.29, 1.82) is 0 Å². The summed E-state index contributed by atoms with van der Waals surface area (Å²) in [7, 11) is 0. The molecule has 0 aliphatic carbocycles. The van der Waals surface area contributed by atoms with Crippen LogP contribution in [0, 0.1) is 6.92 Å². The van der Waals surface area contributed by atoms with Crippen LogP contribution < -0.4 is 5.32 Å². The molecular formula is C9H12N4S2. The highest BCUT2D eigenvalue weighted by Crippen LogP contribution is 2.15. The first-order chi connectivity index (χ1) is 7.28.